The molecule has 0 spiro atoms. The third-order valence-electron chi connectivity index (χ3n) is 3.77. The molecule has 1 aliphatic rings. The first-order chi connectivity index (χ1) is 11.7. The van der Waals surface area contributed by atoms with Crippen molar-refractivity contribution in [2.75, 3.05) is 20.3 Å². The SMILES string of the molecule is COc1cccc(OCc2cc(C(=O)NC3CCOCC3)no2)c1. The van der Waals surface area contributed by atoms with Crippen LogP contribution in [0.25, 0.3) is 0 Å². The van der Waals surface area contributed by atoms with Crippen molar-refractivity contribution in [3.05, 3.63) is 41.8 Å². The maximum Gasteiger partial charge on any atom is 0.273 e. The largest absolute Gasteiger partial charge is 0.497 e. The predicted molar refractivity (Wildman–Crippen MR) is 85.1 cm³/mol. The van der Waals surface area contributed by atoms with Crippen molar-refractivity contribution >= 4 is 5.91 Å². The highest BCUT2D eigenvalue weighted by molar-refractivity contribution is 5.92. The van der Waals surface area contributed by atoms with E-state index in [0.717, 1.165) is 12.8 Å². The number of nitrogens with one attached hydrogen (secondary N) is 1. The predicted octanol–water partition coefficient (Wildman–Crippen LogP) is 2.17. The van der Waals surface area contributed by atoms with Crippen LogP contribution in [0.2, 0.25) is 0 Å². The molecule has 0 unspecified atom stereocenters. The van der Waals surface area contributed by atoms with E-state index in [1.165, 1.54) is 0 Å². The number of rotatable bonds is 6. The van der Waals surface area contributed by atoms with E-state index in [-0.39, 0.29) is 24.2 Å². The minimum atomic E-state index is -0.238. The third-order valence-corrected chi connectivity index (χ3v) is 3.77. The lowest BCUT2D eigenvalue weighted by atomic mass is 10.1. The number of carbonyl (C=O) groups is 1. The molecule has 0 atom stereocenters. The van der Waals surface area contributed by atoms with Crippen LogP contribution >= 0.6 is 0 Å². The maximum atomic E-state index is 12.2. The Labute approximate surface area is 139 Å². The highest BCUT2D eigenvalue weighted by Crippen LogP contribution is 2.20. The number of methoxy groups -OCH3 is 1. The summed E-state index contributed by atoms with van der Waals surface area (Å²) >= 11 is 0. The number of aromatic nitrogens is 1. The lowest BCUT2D eigenvalue weighted by Crippen LogP contribution is -2.39. The van der Waals surface area contributed by atoms with E-state index in [1.807, 2.05) is 18.2 Å². The zero-order chi connectivity index (χ0) is 16.8. The molecule has 0 bridgehead atoms. The van der Waals surface area contributed by atoms with Crippen LogP contribution in [0.5, 0.6) is 11.5 Å². The first kappa shape index (κ1) is 16.3. The van der Waals surface area contributed by atoms with Crippen LogP contribution in [-0.2, 0) is 11.3 Å². The van der Waals surface area contributed by atoms with Crippen LogP contribution in [0.15, 0.2) is 34.9 Å². The molecule has 1 fully saturated rings. The summed E-state index contributed by atoms with van der Waals surface area (Å²) < 4.78 is 21.2. The van der Waals surface area contributed by atoms with Crippen molar-refractivity contribution in [2.45, 2.75) is 25.5 Å². The Morgan fingerprint density at radius 2 is 2.08 bits per heavy atom. The van der Waals surface area contributed by atoms with Crippen molar-refractivity contribution in [3.8, 4) is 11.5 Å². The van der Waals surface area contributed by atoms with Crippen LogP contribution in [0.4, 0.5) is 0 Å². The van der Waals surface area contributed by atoms with Crippen LogP contribution in [0, 0.1) is 0 Å². The average Bonchev–Trinajstić information content (AvgIpc) is 3.10. The van der Waals surface area contributed by atoms with Gasteiger partial charge in [0.2, 0.25) is 0 Å². The number of benzene rings is 1. The third kappa shape index (κ3) is 4.26. The molecule has 3 rings (SSSR count). The Bertz CT molecular complexity index is 679. The monoisotopic (exact) mass is 332 g/mol. The summed E-state index contributed by atoms with van der Waals surface area (Å²) in [7, 11) is 1.60. The summed E-state index contributed by atoms with van der Waals surface area (Å²) in [6.45, 7) is 1.53. The van der Waals surface area contributed by atoms with E-state index >= 15 is 0 Å². The lowest BCUT2D eigenvalue weighted by molar-refractivity contribution is 0.0692. The van der Waals surface area contributed by atoms with Gasteiger partial charge in [-0.15, -0.1) is 0 Å². The number of amides is 1. The minimum absolute atomic E-state index is 0.124. The molecule has 7 heteroatoms. The second-order valence-electron chi connectivity index (χ2n) is 5.51. The fourth-order valence-electron chi connectivity index (χ4n) is 2.43. The molecule has 24 heavy (non-hydrogen) atoms. The topological polar surface area (TPSA) is 82.8 Å². The van der Waals surface area contributed by atoms with Gasteiger partial charge in [-0.05, 0) is 25.0 Å². The fraction of sp³-hybridized carbons (Fsp3) is 0.412. The molecule has 0 saturated carbocycles. The Balaban J connectivity index is 1.53. The summed E-state index contributed by atoms with van der Waals surface area (Å²) in [5.74, 6) is 1.61. The van der Waals surface area contributed by atoms with E-state index in [4.69, 9.17) is 18.7 Å². The standard InChI is InChI=1S/C17H20N2O5/c1-21-13-3-2-4-14(9-13)23-11-15-10-16(19-24-15)17(20)18-12-5-7-22-8-6-12/h2-4,9-10,12H,5-8,11H2,1H3,(H,18,20). The Hall–Kier alpha value is -2.54. The molecule has 1 N–H and O–H groups in total. The number of ether oxygens (including phenoxy) is 3. The zero-order valence-corrected chi connectivity index (χ0v) is 13.5. The van der Waals surface area contributed by atoms with Crippen molar-refractivity contribution < 1.29 is 23.5 Å². The molecule has 1 amide bonds. The Kier molecular flexibility index (Phi) is 5.32. The average molecular weight is 332 g/mol. The second kappa shape index (κ2) is 7.83. The highest BCUT2D eigenvalue weighted by atomic mass is 16.5. The van der Waals surface area contributed by atoms with E-state index in [1.54, 1.807) is 19.2 Å². The van der Waals surface area contributed by atoms with Crippen LogP contribution in [-0.4, -0.2) is 37.4 Å². The Morgan fingerprint density at radius 1 is 1.29 bits per heavy atom. The summed E-state index contributed by atoms with van der Waals surface area (Å²) in [5.41, 5.74) is 0.255. The molecule has 0 aliphatic carbocycles. The number of hydrogen-bond donors (Lipinski definition) is 1. The summed E-state index contributed by atoms with van der Waals surface area (Å²) in [5, 5.41) is 6.74. The molecule has 1 aliphatic heterocycles. The molecule has 2 aromatic rings. The quantitative estimate of drug-likeness (QED) is 0.873. The lowest BCUT2D eigenvalue weighted by Gasteiger charge is -2.22. The van der Waals surface area contributed by atoms with Crippen molar-refractivity contribution in [1.29, 1.82) is 0 Å². The van der Waals surface area contributed by atoms with Crippen molar-refractivity contribution in [1.82, 2.24) is 10.5 Å². The molecule has 0 radical (unpaired) electrons. The first-order valence-electron chi connectivity index (χ1n) is 7.85. The van der Waals surface area contributed by atoms with E-state index in [2.05, 4.69) is 10.5 Å². The number of hydrogen-bond acceptors (Lipinski definition) is 6. The molecule has 2 heterocycles. The summed E-state index contributed by atoms with van der Waals surface area (Å²) in [4.78, 5) is 12.2. The van der Waals surface area contributed by atoms with E-state index in [0.29, 0.717) is 30.5 Å². The first-order valence-corrected chi connectivity index (χ1v) is 7.85. The summed E-state index contributed by atoms with van der Waals surface area (Å²) in [6.07, 6.45) is 1.63. The van der Waals surface area contributed by atoms with Crippen molar-refractivity contribution in [2.24, 2.45) is 0 Å². The van der Waals surface area contributed by atoms with Gasteiger partial charge in [-0.2, -0.15) is 0 Å². The second-order valence-corrected chi connectivity index (χ2v) is 5.51. The Morgan fingerprint density at radius 3 is 2.88 bits per heavy atom. The molecule has 1 aromatic carbocycles. The number of nitrogens with zero attached hydrogens (tertiary/aromatic N) is 1. The number of carbonyl (C=O) groups excluding carboxylic acids is 1. The van der Waals surface area contributed by atoms with Gasteiger partial charge in [0.05, 0.1) is 7.11 Å². The molecule has 1 aromatic heterocycles. The molecule has 7 nitrogen and oxygen atoms in total. The minimum Gasteiger partial charge on any atom is -0.497 e. The smallest absolute Gasteiger partial charge is 0.273 e. The zero-order valence-electron chi connectivity index (χ0n) is 13.5. The van der Waals surface area contributed by atoms with Crippen LogP contribution in [0.1, 0.15) is 29.1 Å². The van der Waals surface area contributed by atoms with Crippen molar-refractivity contribution in [3.63, 3.8) is 0 Å². The van der Waals surface area contributed by atoms with Crippen LogP contribution < -0.4 is 14.8 Å². The maximum absolute atomic E-state index is 12.2. The van der Waals surface area contributed by atoms with Gasteiger partial charge in [-0.3, -0.25) is 4.79 Å². The van der Waals surface area contributed by atoms with Gasteiger partial charge in [0.1, 0.15) is 18.1 Å². The van der Waals surface area contributed by atoms with Crippen LogP contribution in [0.3, 0.4) is 0 Å². The van der Waals surface area contributed by atoms with E-state index < -0.39 is 0 Å². The molecule has 1 saturated heterocycles. The van der Waals surface area contributed by atoms with Gasteiger partial charge in [-0.25, -0.2) is 0 Å². The normalized spacial score (nSPS) is 15.0. The van der Waals surface area contributed by atoms with E-state index in [9.17, 15) is 4.79 Å². The van der Waals surface area contributed by atoms with Gasteiger partial charge < -0.3 is 24.1 Å². The molecule has 128 valence electrons. The highest BCUT2D eigenvalue weighted by Gasteiger charge is 2.19. The van der Waals surface area contributed by atoms with Gasteiger partial charge >= 0.3 is 0 Å². The molecular weight excluding hydrogens is 312 g/mol. The summed E-state index contributed by atoms with van der Waals surface area (Å²) in [6, 6.07) is 8.97. The van der Waals surface area contributed by atoms with Gasteiger partial charge in [0.15, 0.2) is 11.5 Å². The van der Waals surface area contributed by atoms with Gasteiger partial charge in [-0.1, -0.05) is 11.2 Å². The van der Waals surface area contributed by atoms with Gasteiger partial charge in [0.25, 0.3) is 5.91 Å². The fourth-order valence-corrected chi connectivity index (χ4v) is 2.43. The van der Waals surface area contributed by atoms with Gasteiger partial charge in [0, 0.05) is 31.4 Å². The molecular formula is C17H20N2O5.